The van der Waals surface area contributed by atoms with Crippen LogP contribution in [0.25, 0.3) is 0 Å². The van der Waals surface area contributed by atoms with Gasteiger partial charge >= 0.3 is 0 Å². The summed E-state index contributed by atoms with van der Waals surface area (Å²) in [6.07, 6.45) is 1.45. The molecule has 1 N–H and O–H groups in total. The molecular weight excluding hydrogens is 176 g/mol. The van der Waals surface area contributed by atoms with E-state index in [0.717, 1.165) is 17.1 Å². The van der Waals surface area contributed by atoms with Crippen molar-refractivity contribution in [3.05, 3.63) is 36.0 Å². The van der Waals surface area contributed by atoms with Gasteiger partial charge in [-0.2, -0.15) is 5.26 Å². The maximum atomic E-state index is 8.44. The topological polar surface area (TPSA) is 45.0 Å². The lowest BCUT2D eigenvalue weighted by atomic mass is 10.3. The van der Waals surface area contributed by atoms with Gasteiger partial charge in [-0.15, -0.1) is 0 Å². The number of nitrogens with one attached hydrogen (secondary N) is 1. The van der Waals surface area contributed by atoms with Crippen LogP contribution in [0.5, 0.6) is 5.75 Å². The van der Waals surface area contributed by atoms with E-state index in [1.165, 1.54) is 6.08 Å². The fourth-order valence-electron chi connectivity index (χ4n) is 1.09. The van der Waals surface area contributed by atoms with E-state index in [9.17, 15) is 0 Å². The Morgan fingerprint density at radius 2 is 2.21 bits per heavy atom. The van der Waals surface area contributed by atoms with Crippen molar-refractivity contribution >= 4 is 5.69 Å². The maximum absolute atomic E-state index is 8.44. The van der Waals surface area contributed by atoms with Crippen LogP contribution in [0.15, 0.2) is 36.0 Å². The number of benzene rings is 1. The molecule has 0 radical (unpaired) electrons. The van der Waals surface area contributed by atoms with Crippen LogP contribution in [0.4, 0.5) is 5.69 Å². The second-order valence-electron chi connectivity index (χ2n) is 2.78. The van der Waals surface area contributed by atoms with Crippen molar-refractivity contribution in [3.8, 4) is 11.8 Å². The lowest BCUT2D eigenvalue weighted by Crippen LogP contribution is -1.97. The number of rotatable bonds is 3. The molecule has 0 aliphatic carbocycles. The Bertz CT molecular complexity index is 377. The molecule has 0 amide bonds. The van der Waals surface area contributed by atoms with Gasteiger partial charge in [0.25, 0.3) is 0 Å². The summed E-state index contributed by atoms with van der Waals surface area (Å²) in [4.78, 5) is 0. The molecule has 0 fully saturated rings. The summed E-state index contributed by atoms with van der Waals surface area (Å²) in [5, 5.41) is 11.5. The fourth-order valence-corrected chi connectivity index (χ4v) is 1.09. The molecule has 0 heterocycles. The quantitative estimate of drug-likeness (QED) is 0.741. The lowest BCUT2D eigenvalue weighted by molar-refractivity contribution is 0.416. The van der Waals surface area contributed by atoms with Crippen molar-refractivity contribution in [1.29, 1.82) is 5.26 Å². The van der Waals surface area contributed by atoms with Gasteiger partial charge in [0.1, 0.15) is 5.75 Å². The minimum atomic E-state index is 0.762. The molecule has 0 aliphatic rings. The number of hydrogen-bond acceptors (Lipinski definition) is 3. The number of anilines is 1. The summed E-state index contributed by atoms with van der Waals surface area (Å²) in [6, 6.07) is 9.52. The number of allylic oxidation sites excluding steroid dienone is 2. The Kier molecular flexibility index (Phi) is 3.57. The number of methoxy groups -OCH3 is 1. The molecule has 1 aromatic carbocycles. The molecule has 14 heavy (non-hydrogen) atoms. The summed E-state index contributed by atoms with van der Waals surface area (Å²) in [6.45, 7) is 1.83. The molecule has 0 atom stereocenters. The first-order valence-corrected chi connectivity index (χ1v) is 4.24. The van der Waals surface area contributed by atoms with Crippen molar-refractivity contribution in [3.63, 3.8) is 0 Å². The number of ether oxygens (including phenoxy) is 1. The highest BCUT2D eigenvalue weighted by Gasteiger charge is 1.99. The van der Waals surface area contributed by atoms with Crippen LogP contribution in [0.2, 0.25) is 0 Å². The SMILES string of the molecule is COc1ccccc1N/C(C)=C/C#N. The Balaban J connectivity index is 2.87. The Labute approximate surface area is 83.6 Å². The van der Waals surface area contributed by atoms with E-state index in [1.807, 2.05) is 37.3 Å². The second kappa shape index (κ2) is 4.93. The molecule has 0 saturated carbocycles. The van der Waals surface area contributed by atoms with Gasteiger partial charge in [0.15, 0.2) is 0 Å². The molecule has 0 saturated heterocycles. The van der Waals surface area contributed by atoms with E-state index in [1.54, 1.807) is 7.11 Å². The van der Waals surface area contributed by atoms with Gasteiger partial charge in [0.2, 0.25) is 0 Å². The van der Waals surface area contributed by atoms with Gasteiger partial charge in [-0.1, -0.05) is 12.1 Å². The minimum Gasteiger partial charge on any atom is -0.495 e. The lowest BCUT2D eigenvalue weighted by Gasteiger charge is -2.09. The molecule has 0 bridgehead atoms. The average molecular weight is 188 g/mol. The average Bonchev–Trinajstić information content (AvgIpc) is 2.19. The van der Waals surface area contributed by atoms with E-state index in [-0.39, 0.29) is 0 Å². The Hall–Kier alpha value is -1.95. The van der Waals surface area contributed by atoms with Gasteiger partial charge in [0.05, 0.1) is 18.9 Å². The first-order chi connectivity index (χ1) is 6.77. The molecule has 0 spiro atoms. The molecule has 0 aliphatic heterocycles. The van der Waals surface area contributed by atoms with Gasteiger partial charge < -0.3 is 10.1 Å². The summed E-state index contributed by atoms with van der Waals surface area (Å²) in [7, 11) is 1.61. The predicted octanol–water partition coefficient (Wildman–Crippen LogP) is 2.53. The number of para-hydroxylation sites is 2. The number of nitriles is 1. The van der Waals surface area contributed by atoms with Crippen LogP contribution in [0, 0.1) is 11.3 Å². The zero-order valence-corrected chi connectivity index (χ0v) is 8.24. The summed E-state index contributed by atoms with van der Waals surface area (Å²) >= 11 is 0. The van der Waals surface area contributed by atoms with Crippen LogP contribution in [0.1, 0.15) is 6.92 Å². The third-order valence-corrected chi connectivity index (χ3v) is 1.72. The second-order valence-corrected chi connectivity index (χ2v) is 2.78. The van der Waals surface area contributed by atoms with Crippen LogP contribution in [-0.4, -0.2) is 7.11 Å². The Morgan fingerprint density at radius 1 is 1.50 bits per heavy atom. The number of nitrogens with zero attached hydrogens (tertiary/aromatic N) is 1. The molecule has 0 aromatic heterocycles. The standard InChI is InChI=1S/C11H12N2O/c1-9(7-8-12)13-10-5-3-4-6-11(10)14-2/h3-7,13H,1-2H3/b9-7+. The zero-order chi connectivity index (χ0) is 10.4. The van der Waals surface area contributed by atoms with E-state index in [2.05, 4.69) is 5.32 Å². The molecule has 0 unspecified atom stereocenters. The van der Waals surface area contributed by atoms with Crippen molar-refractivity contribution in [1.82, 2.24) is 0 Å². The predicted molar refractivity (Wildman–Crippen MR) is 56.0 cm³/mol. The molecule has 3 nitrogen and oxygen atoms in total. The summed E-state index contributed by atoms with van der Waals surface area (Å²) in [5.74, 6) is 0.762. The van der Waals surface area contributed by atoms with Crippen LogP contribution < -0.4 is 10.1 Å². The van der Waals surface area contributed by atoms with E-state index in [0.29, 0.717) is 0 Å². The molecule has 1 aromatic rings. The normalized spacial score (nSPS) is 10.5. The van der Waals surface area contributed by atoms with Gasteiger partial charge in [-0.3, -0.25) is 0 Å². The van der Waals surface area contributed by atoms with Crippen molar-refractivity contribution in [2.45, 2.75) is 6.92 Å². The van der Waals surface area contributed by atoms with E-state index in [4.69, 9.17) is 10.00 Å². The van der Waals surface area contributed by atoms with Crippen molar-refractivity contribution < 1.29 is 4.74 Å². The molecule has 1 rings (SSSR count). The molecular formula is C11H12N2O. The van der Waals surface area contributed by atoms with E-state index < -0.39 is 0 Å². The highest BCUT2D eigenvalue weighted by Crippen LogP contribution is 2.24. The van der Waals surface area contributed by atoms with Crippen molar-refractivity contribution in [2.24, 2.45) is 0 Å². The molecule has 3 heteroatoms. The highest BCUT2D eigenvalue weighted by molar-refractivity contribution is 5.59. The van der Waals surface area contributed by atoms with Gasteiger partial charge in [-0.05, 0) is 19.1 Å². The van der Waals surface area contributed by atoms with Gasteiger partial charge in [-0.25, -0.2) is 0 Å². The monoisotopic (exact) mass is 188 g/mol. The maximum Gasteiger partial charge on any atom is 0.142 e. The number of hydrogen-bond donors (Lipinski definition) is 1. The smallest absolute Gasteiger partial charge is 0.142 e. The first kappa shape index (κ1) is 10.1. The van der Waals surface area contributed by atoms with E-state index >= 15 is 0 Å². The van der Waals surface area contributed by atoms with Crippen molar-refractivity contribution in [2.75, 3.05) is 12.4 Å². The van der Waals surface area contributed by atoms with Crippen LogP contribution >= 0.6 is 0 Å². The minimum absolute atomic E-state index is 0.762. The first-order valence-electron chi connectivity index (χ1n) is 4.24. The zero-order valence-electron chi connectivity index (χ0n) is 8.24. The Morgan fingerprint density at radius 3 is 2.86 bits per heavy atom. The molecule has 72 valence electrons. The van der Waals surface area contributed by atoms with Gasteiger partial charge in [0, 0.05) is 11.8 Å². The third kappa shape index (κ3) is 2.53. The largest absolute Gasteiger partial charge is 0.495 e. The third-order valence-electron chi connectivity index (χ3n) is 1.72. The van der Waals surface area contributed by atoms with Crippen LogP contribution in [0.3, 0.4) is 0 Å². The van der Waals surface area contributed by atoms with Crippen LogP contribution in [-0.2, 0) is 0 Å². The summed E-state index contributed by atoms with van der Waals surface area (Å²) in [5.41, 5.74) is 1.65. The highest BCUT2D eigenvalue weighted by atomic mass is 16.5. The summed E-state index contributed by atoms with van der Waals surface area (Å²) < 4.78 is 5.15. The fraction of sp³-hybridized carbons (Fsp3) is 0.182.